The number of carbonyl (C=O) groups excluding carboxylic acids is 4. The van der Waals surface area contributed by atoms with Gasteiger partial charge >= 0.3 is 5.97 Å². The molecule has 11 nitrogen and oxygen atoms in total. The van der Waals surface area contributed by atoms with Crippen molar-refractivity contribution in [2.24, 2.45) is 17.4 Å². The van der Waals surface area contributed by atoms with Gasteiger partial charge in [-0.3, -0.25) is 19.2 Å². The zero-order valence-corrected chi connectivity index (χ0v) is 18.9. The fourth-order valence-electron chi connectivity index (χ4n) is 3.33. The third-order valence-electron chi connectivity index (χ3n) is 5.05. The molecule has 0 spiro atoms. The molecule has 4 amide bonds. The van der Waals surface area contributed by atoms with Gasteiger partial charge in [-0.05, 0) is 37.2 Å². The highest BCUT2D eigenvalue weighted by Gasteiger charge is 2.40. The molecule has 1 saturated heterocycles. The number of likely N-dealkylation sites (tertiary alicyclic amines) is 1. The van der Waals surface area contributed by atoms with Crippen LogP contribution in [0.15, 0.2) is 0 Å². The summed E-state index contributed by atoms with van der Waals surface area (Å²) in [6.07, 6.45) is 2.73. The Morgan fingerprint density at radius 1 is 1.19 bits per heavy atom. The molecular weight excluding hydrogens is 426 g/mol. The van der Waals surface area contributed by atoms with Crippen LogP contribution in [0.1, 0.15) is 39.5 Å². The molecule has 1 aliphatic heterocycles. The van der Waals surface area contributed by atoms with E-state index in [1.807, 2.05) is 6.26 Å². The zero-order chi connectivity index (χ0) is 23.7. The average Bonchev–Trinajstić information content (AvgIpc) is 3.17. The summed E-state index contributed by atoms with van der Waals surface area (Å²) in [4.78, 5) is 62.0. The van der Waals surface area contributed by atoms with Gasteiger partial charge in [0.15, 0.2) is 0 Å². The highest BCUT2D eigenvalue weighted by molar-refractivity contribution is 7.98. The van der Waals surface area contributed by atoms with Crippen LogP contribution in [0.2, 0.25) is 0 Å². The summed E-state index contributed by atoms with van der Waals surface area (Å²) in [7, 11) is 0. The molecule has 1 fully saturated rings. The normalized spacial score (nSPS) is 18.9. The minimum Gasteiger partial charge on any atom is -0.480 e. The van der Waals surface area contributed by atoms with E-state index in [1.165, 1.54) is 16.7 Å². The maximum atomic E-state index is 13.2. The Labute approximate surface area is 186 Å². The molecule has 1 aliphatic rings. The van der Waals surface area contributed by atoms with E-state index in [-0.39, 0.29) is 18.8 Å². The largest absolute Gasteiger partial charge is 0.480 e. The highest BCUT2D eigenvalue weighted by Crippen LogP contribution is 2.21. The van der Waals surface area contributed by atoms with Crippen molar-refractivity contribution in [2.75, 3.05) is 18.6 Å². The molecule has 0 saturated carbocycles. The van der Waals surface area contributed by atoms with E-state index in [0.717, 1.165) is 0 Å². The van der Waals surface area contributed by atoms with Gasteiger partial charge in [-0.2, -0.15) is 11.8 Å². The van der Waals surface area contributed by atoms with E-state index in [2.05, 4.69) is 10.6 Å². The van der Waals surface area contributed by atoms with Crippen LogP contribution >= 0.6 is 11.8 Å². The van der Waals surface area contributed by atoms with Gasteiger partial charge in [0.2, 0.25) is 23.6 Å². The van der Waals surface area contributed by atoms with Crippen LogP contribution in [0.3, 0.4) is 0 Å². The Morgan fingerprint density at radius 3 is 2.35 bits per heavy atom. The van der Waals surface area contributed by atoms with Crippen molar-refractivity contribution in [3.8, 4) is 0 Å². The maximum absolute atomic E-state index is 13.2. The Kier molecular flexibility index (Phi) is 10.8. The van der Waals surface area contributed by atoms with Crippen LogP contribution in [0.25, 0.3) is 0 Å². The molecule has 0 aliphatic carbocycles. The van der Waals surface area contributed by atoms with E-state index >= 15 is 0 Å². The lowest BCUT2D eigenvalue weighted by Gasteiger charge is -2.31. The van der Waals surface area contributed by atoms with Gasteiger partial charge in [0, 0.05) is 6.54 Å². The highest BCUT2D eigenvalue weighted by atomic mass is 32.2. The predicted octanol–water partition coefficient (Wildman–Crippen LogP) is -1.36. The summed E-state index contributed by atoms with van der Waals surface area (Å²) in [5, 5.41) is 14.4. The molecule has 0 aromatic rings. The Morgan fingerprint density at radius 2 is 1.84 bits per heavy atom. The van der Waals surface area contributed by atoms with Crippen LogP contribution < -0.4 is 22.1 Å². The molecule has 0 radical (unpaired) electrons. The number of nitrogens with zero attached hydrogens (tertiary/aromatic N) is 1. The fraction of sp³-hybridized carbons (Fsp3) is 0.737. The summed E-state index contributed by atoms with van der Waals surface area (Å²) >= 11 is 1.47. The second-order valence-electron chi connectivity index (χ2n) is 7.88. The first-order chi connectivity index (χ1) is 14.5. The Hall–Kier alpha value is -2.34. The van der Waals surface area contributed by atoms with E-state index in [0.29, 0.717) is 25.1 Å². The number of hydrogen-bond acceptors (Lipinski definition) is 7. The van der Waals surface area contributed by atoms with Crippen molar-refractivity contribution in [1.82, 2.24) is 15.5 Å². The van der Waals surface area contributed by atoms with E-state index in [1.54, 1.807) is 13.8 Å². The monoisotopic (exact) mass is 459 g/mol. The number of amides is 4. The summed E-state index contributed by atoms with van der Waals surface area (Å²) in [5.41, 5.74) is 10.7. The summed E-state index contributed by atoms with van der Waals surface area (Å²) in [6, 6.07) is -3.99. The molecule has 1 heterocycles. The summed E-state index contributed by atoms with van der Waals surface area (Å²) in [6.45, 7) is 3.78. The minimum atomic E-state index is -1.18. The van der Waals surface area contributed by atoms with Crippen LogP contribution in [-0.4, -0.2) is 82.3 Å². The second-order valence-corrected chi connectivity index (χ2v) is 8.86. The quantitative estimate of drug-likeness (QED) is 0.237. The van der Waals surface area contributed by atoms with Crippen LogP contribution in [-0.2, 0) is 24.0 Å². The van der Waals surface area contributed by atoms with E-state index in [4.69, 9.17) is 11.5 Å². The van der Waals surface area contributed by atoms with Crippen molar-refractivity contribution in [3.05, 3.63) is 0 Å². The van der Waals surface area contributed by atoms with Crippen molar-refractivity contribution >= 4 is 41.4 Å². The standard InChI is InChI=1S/C19H33N5O6S/c1-10(2)15(23-16(26)11(20)9-14(21)25)18(28)24-7-4-5-13(24)17(27)22-12(19(29)30)6-8-31-3/h10-13,15H,4-9,20H2,1-3H3,(H2,21,25)(H,22,27)(H,23,26)(H,29,30). The Bertz CT molecular complexity index is 689. The number of carboxylic acids is 1. The molecule has 4 unspecified atom stereocenters. The van der Waals surface area contributed by atoms with Gasteiger partial charge in [0.05, 0.1) is 12.5 Å². The van der Waals surface area contributed by atoms with Crippen molar-refractivity contribution in [2.45, 2.75) is 63.7 Å². The molecule has 4 atom stereocenters. The van der Waals surface area contributed by atoms with E-state index in [9.17, 15) is 29.1 Å². The number of carboxylic acid groups (broad SMARTS) is 1. The first-order valence-electron chi connectivity index (χ1n) is 10.2. The maximum Gasteiger partial charge on any atom is 0.326 e. The van der Waals surface area contributed by atoms with Gasteiger partial charge < -0.3 is 32.1 Å². The Balaban J connectivity index is 2.89. The number of hydrogen-bond donors (Lipinski definition) is 5. The molecule has 1 rings (SSSR count). The van der Waals surface area contributed by atoms with Crippen molar-refractivity contribution in [1.29, 1.82) is 0 Å². The SMILES string of the molecule is CSCCC(NC(=O)C1CCCN1C(=O)C(NC(=O)C(N)CC(N)=O)C(C)C)C(=O)O. The molecule has 176 valence electrons. The van der Waals surface area contributed by atoms with Crippen molar-refractivity contribution in [3.63, 3.8) is 0 Å². The minimum absolute atomic E-state index is 0.269. The molecule has 7 N–H and O–H groups in total. The molecule has 0 aromatic carbocycles. The van der Waals surface area contributed by atoms with Gasteiger partial charge in [-0.1, -0.05) is 13.8 Å². The molecule has 0 aromatic heterocycles. The predicted molar refractivity (Wildman–Crippen MR) is 116 cm³/mol. The lowest BCUT2D eigenvalue weighted by Crippen LogP contribution is -2.58. The number of aliphatic carboxylic acids is 1. The van der Waals surface area contributed by atoms with Crippen LogP contribution in [0, 0.1) is 5.92 Å². The number of rotatable bonds is 12. The molecule has 12 heteroatoms. The smallest absolute Gasteiger partial charge is 0.326 e. The zero-order valence-electron chi connectivity index (χ0n) is 18.1. The third-order valence-corrected chi connectivity index (χ3v) is 5.70. The number of nitrogens with two attached hydrogens (primary N) is 2. The number of carbonyl (C=O) groups is 5. The summed E-state index contributed by atoms with van der Waals surface area (Å²) < 4.78 is 0. The van der Waals surface area contributed by atoms with E-state index < -0.39 is 53.8 Å². The molecular formula is C19H33N5O6S. The van der Waals surface area contributed by atoms with Crippen molar-refractivity contribution < 1.29 is 29.1 Å². The topological polar surface area (TPSA) is 185 Å². The lowest BCUT2D eigenvalue weighted by atomic mass is 10.0. The molecule has 0 bridgehead atoms. The number of primary amides is 1. The van der Waals surface area contributed by atoms with Gasteiger partial charge in [-0.15, -0.1) is 0 Å². The molecule has 31 heavy (non-hydrogen) atoms. The third kappa shape index (κ3) is 8.02. The average molecular weight is 460 g/mol. The van der Waals surface area contributed by atoms with Gasteiger partial charge in [0.1, 0.15) is 18.1 Å². The number of nitrogens with one attached hydrogen (secondary N) is 2. The first-order valence-corrected chi connectivity index (χ1v) is 11.6. The fourth-order valence-corrected chi connectivity index (χ4v) is 3.80. The lowest BCUT2D eigenvalue weighted by molar-refractivity contribution is -0.145. The van der Waals surface area contributed by atoms with Gasteiger partial charge in [-0.25, -0.2) is 4.79 Å². The first kappa shape index (κ1) is 26.7. The second kappa shape index (κ2) is 12.5. The number of thioether (sulfide) groups is 1. The van der Waals surface area contributed by atoms with Crippen LogP contribution in [0.5, 0.6) is 0 Å². The summed E-state index contributed by atoms with van der Waals surface area (Å²) in [5.74, 6) is -3.28. The van der Waals surface area contributed by atoms with Crippen LogP contribution in [0.4, 0.5) is 0 Å². The van der Waals surface area contributed by atoms with Gasteiger partial charge in [0.25, 0.3) is 0 Å².